The summed E-state index contributed by atoms with van der Waals surface area (Å²) in [5.41, 5.74) is 0.484. The lowest BCUT2D eigenvalue weighted by Gasteiger charge is -2.61. The second kappa shape index (κ2) is 9.21. The van der Waals surface area contributed by atoms with Crippen LogP contribution in [0.2, 0.25) is 0 Å². The number of aliphatic carboxylic acids is 1. The van der Waals surface area contributed by atoms with E-state index in [4.69, 9.17) is 9.47 Å². The van der Waals surface area contributed by atoms with Crippen molar-refractivity contribution < 1.29 is 39.8 Å². The predicted octanol–water partition coefficient (Wildman–Crippen LogP) is 2.30. The van der Waals surface area contributed by atoms with Crippen molar-refractivity contribution in [2.24, 2.45) is 40.4 Å². The summed E-state index contributed by atoms with van der Waals surface area (Å²) in [5.74, 6) is 1.60. The predicted molar refractivity (Wildman–Crippen MR) is 126 cm³/mol. The van der Waals surface area contributed by atoms with Crippen LogP contribution in [-0.2, 0) is 14.3 Å². The van der Waals surface area contributed by atoms with E-state index in [1.165, 1.54) is 25.7 Å². The summed E-state index contributed by atoms with van der Waals surface area (Å²) in [6, 6.07) is 0. The first-order valence-electron chi connectivity index (χ1n) is 13.7. The van der Waals surface area contributed by atoms with Crippen LogP contribution < -0.4 is 0 Å². The average molecular weight is 497 g/mol. The van der Waals surface area contributed by atoms with Crippen LogP contribution in [0.25, 0.3) is 0 Å². The molecule has 1 aliphatic heterocycles. The lowest BCUT2D eigenvalue weighted by molar-refractivity contribution is -0.309. The fourth-order valence-corrected chi connectivity index (χ4v) is 9.53. The first-order chi connectivity index (χ1) is 16.5. The highest BCUT2D eigenvalue weighted by molar-refractivity contribution is 5.73. The Morgan fingerprint density at radius 1 is 0.914 bits per heavy atom. The fraction of sp³-hybridized carbons (Fsp3) is 0.963. The number of ether oxygens (including phenoxy) is 2. The number of carbonyl (C=O) groups is 1. The molecule has 200 valence electrons. The molecule has 0 bridgehead atoms. The van der Waals surface area contributed by atoms with E-state index < -0.39 is 36.7 Å². The van der Waals surface area contributed by atoms with Gasteiger partial charge in [0, 0.05) is 0 Å². The Morgan fingerprint density at radius 2 is 1.60 bits per heavy atom. The zero-order valence-corrected chi connectivity index (χ0v) is 21.3. The molecular weight excluding hydrogens is 452 g/mol. The van der Waals surface area contributed by atoms with Crippen LogP contribution >= 0.6 is 0 Å². The Labute approximate surface area is 208 Å². The van der Waals surface area contributed by atoms with Gasteiger partial charge in [0.25, 0.3) is 0 Å². The van der Waals surface area contributed by atoms with E-state index in [1.807, 2.05) is 6.92 Å². The van der Waals surface area contributed by atoms with Crippen molar-refractivity contribution in [1.29, 1.82) is 0 Å². The fourth-order valence-electron chi connectivity index (χ4n) is 9.53. The van der Waals surface area contributed by atoms with E-state index in [9.17, 15) is 30.3 Å². The lowest BCUT2D eigenvalue weighted by Crippen LogP contribution is -2.61. The van der Waals surface area contributed by atoms with E-state index >= 15 is 0 Å². The van der Waals surface area contributed by atoms with Crippen molar-refractivity contribution in [2.75, 3.05) is 0 Å². The molecule has 5 rings (SSSR count). The van der Waals surface area contributed by atoms with Gasteiger partial charge in [-0.25, -0.2) is 4.79 Å². The first-order valence-corrected chi connectivity index (χ1v) is 13.7. The monoisotopic (exact) mass is 496 g/mol. The molecule has 1 saturated heterocycles. The molecule has 4 aliphatic carbocycles. The molecule has 5 fully saturated rings. The molecule has 0 aromatic heterocycles. The highest BCUT2D eigenvalue weighted by atomic mass is 16.7. The molecule has 5 aliphatic rings. The number of hydrogen-bond donors (Lipinski definition) is 5. The van der Waals surface area contributed by atoms with E-state index in [2.05, 4.69) is 13.8 Å². The Hall–Kier alpha value is -0.770. The summed E-state index contributed by atoms with van der Waals surface area (Å²) in [7, 11) is 0. The molecule has 0 unspecified atom stereocenters. The number of aliphatic hydroxyl groups is 4. The lowest BCUT2D eigenvalue weighted by atomic mass is 9.44. The number of carboxylic acids is 1. The molecule has 8 heteroatoms. The van der Waals surface area contributed by atoms with Gasteiger partial charge in [0.2, 0.25) is 0 Å². The Bertz CT molecular complexity index is 804. The normalized spacial score (nSPS) is 54.9. The van der Waals surface area contributed by atoms with E-state index in [0.29, 0.717) is 29.6 Å². The van der Waals surface area contributed by atoms with Crippen molar-refractivity contribution in [2.45, 2.75) is 121 Å². The van der Waals surface area contributed by atoms with E-state index in [1.54, 1.807) is 0 Å². The van der Waals surface area contributed by atoms with Crippen molar-refractivity contribution in [3.05, 3.63) is 0 Å². The Balaban J connectivity index is 1.26. The SMILES string of the molecule is C[C@@H](O)[C@H]1CC[C@H]2[C@@H]3CC[C@H]4C[C@H](O[C@@H]5O[C@@H](C(=O)O)[C@@H](O)[C@H](O)[C@H]5O)CC[C@]4(C)[C@H]3CC[C@]12C. The van der Waals surface area contributed by atoms with Gasteiger partial charge >= 0.3 is 5.97 Å². The topological polar surface area (TPSA) is 137 Å². The van der Waals surface area contributed by atoms with E-state index in [-0.39, 0.29) is 23.0 Å². The van der Waals surface area contributed by atoms with Crippen molar-refractivity contribution in [1.82, 2.24) is 0 Å². The summed E-state index contributed by atoms with van der Waals surface area (Å²) in [4.78, 5) is 11.4. The maximum absolute atomic E-state index is 11.4. The molecule has 1 heterocycles. The minimum atomic E-state index is -1.70. The van der Waals surface area contributed by atoms with Gasteiger partial charge in [-0.1, -0.05) is 13.8 Å². The molecule has 5 N–H and O–H groups in total. The van der Waals surface area contributed by atoms with Gasteiger partial charge < -0.3 is 35.0 Å². The van der Waals surface area contributed by atoms with Crippen LogP contribution in [0, 0.1) is 40.4 Å². The van der Waals surface area contributed by atoms with Crippen LogP contribution in [0.15, 0.2) is 0 Å². The molecule has 14 atom stereocenters. The summed E-state index contributed by atoms with van der Waals surface area (Å²) in [5, 5.41) is 50.2. The van der Waals surface area contributed by atoms with Gasteiger partial charge in [-0.05, 0) is 105 Å². The quantitative estimate of drug-likeness (QED) is 0.374. The van der Waals surface area contributed by atoms with Gasteiger partial charge in [0.1, 0.15) is 18.3 Å². The smallest absolute Gasteiger partial charge is 0.335 e. The van der Waals surface area contributed by atoms with Crippen LogP contribution in [0.5, 0.6) is 0 Å². The molecule has 4 saturated carbocycles. The highest BCUT2D eigenvalue weighted by Crippen LogP contribution is 2.67. The number of fused-ring (bicyclic) bond motifs is 5. The van der Waals surface area contributed by atoms with Gasteiger partial charge in [0.15, 0.2) is 12.4 Å². The molecule has 0 spiro atoms. The van der Waals surface area contributed by atoms with Crippen molar-refractivity contribution >= 4 is 5.97 Å². The van der Waals surface area contributed by atoms with Gasteiger partial charge in [-0.15, -0.1) is 0 Å². The zero-order valence-electron chi connectivity index (χ0n) is 21.3. The summed E-state index contributed by atoms with van der Waals surface area (Å²) in [6.45, 7) is 6.86. The van der Waals surface area contributed by atoms with Crippen LogP contribution in [0.4, 0.5) is 0 Å². The molecule has 0 aromatic rings. The molecule has 0 amide bonds. The third kappa shape index (κ3) is 4.07. The molecule has 0 aromatic carbocycles. The summed E-state index contributed by atoms with van der Waals surface area (Å²) < 4.78 is 11.4. The second-order valence-corrected chi connectivity index (χ2v) is 12.9. The third-order valence-corrected chi connectivity index (χ3v) is 11.4. The Kier molecular flexibility index (Phi) is 6.80. The van der Waals surface area contributed by atoms with Gasteiger partial charge in [-0.2, -0.15) is 0 Å². The number of aliphatic hydroxyl groups excluding tert-OH is 4. The van der Waals surface area contributed by atoms with Gasteiger partial charge in [-0.3, -0.25) is 0 Å². The second-order valence-electron chi connectivity index (χ2n) is 12.9. The average Bonchev–Trinajstić information content (AvgIpc) is 3.17. The molecule has 0 radical (unpaired) electrons. The molecule has 35 heavy (non-hydrogen) atoms. The minimum absolute atomic E-state index is 0.180. The largest absolute Gasteiger partial charge is 0.479 e. The van der Waals surface area contributed by atoms with Crippen LogP contribution in [0.1, 0.15) is 78.6 Å². The number of hydrogen-bond acceptors (Lipinski definition) is 7. The molecular formula is C27H44O8. The maximum Gasteiger partial charge on any atom is 0.335 e. The minimum Gasteiger partial charge on any atom is -0.479 e. The zero-order chi connectivity index (χ0) is 25.3. The third-order valence-electron chi connectivity index (χ3n) is 11.4. The number of carboxylic acid groups (broad SMARTS) is 1. The van der Waals surface area contributed by atoms with Crippen molar-refractivity contribution in [3.8, 4) is 0 Å². The van der Waals surface area contributed by atoms with Crippen LogP contribution in [-0.4, -0.2) is 74.4 Å². The van der Waals surface area contributed by atoms with Crippen molar-refractivity contribution in [3.63, 3.8) is 0 Å². The summed E-state index contributed by atoms with van der Waals surface area (Å²) in [6.07, 6.45) is 1.63. The Morgan fingerprint density at radius 3 is 2.29 bits per heavy atom. The molecule has 8 nitrogen and oxygen atoms in total. The first kappa shape index (κ1) is 25.9. The van der Waals surface area contributed by atoms with Gasteiger partial charge in [0.05, 0.1) is 12.2 Å². The van der Waals surface area contributed by atoms with E-state index in [0.717, 1.165) is 32.1 Å². The highest BCUT2D eigenvalue weighted by Gasteiger charge is 2.61. The summed E-state index contributed by atoms with van der Waals surface area (Å²) >= 11 is 0. The standard InChI is InChI=1S/C27H44O8/c1-13(28)17-6-7-18-16-5-4-14-12-15(8-10-26(14,2)19(16)9-11-27(17,18)3)34-25-22(31)20(29)21(30)23(35-25)24(32)33/h13-23,25,28-31H,4-12H2,1-3H3,(H,32,33)/t13-,14+,15-,16+,17-,18+,19+,20+,21+,22-,23-,25-,26+,27-/m1/s1. The van der Waals surface area contributed by atoms with Crippen LogP contribution in [0.3, 0.4) is 0 Å². The number of rotatable bonds is 4. The maximum atomic E-state index is 11.4.